The van der Waals surface area contributed by atoms with Gasteiger partial charge in [0.05, 0.1) is 28.8 Å². The minimum absolute atomic E-state index is 0.0621. The highest BCUT2D eigenvalue weighted by Gasteiger charge is 2.24. The number of hydrogen-bond donors (Lipinski definition) is 0. The highest BCUT2D eigenvalue weighted by atomic mass is 32.2. The zero-order chi connectivity index (χ0) is 23.6. The van der Waals surface area contributed by atoms with E-state index < -0.39 is 10.0 Å². The van der Waals surface area contributed by atoms with Gasteiger partial charge in [0.1, 0.15) is 5.75 Å². The van der Waals surface area contributed by atoms with E-state index in [0.717, 1.165) is 20.1 Å². The van der Waals surface area contributed by atoms with E-state index >= 15 is 0 Å². The highest BCUT2D eigenvalue weighted by Crippen LogP contribution is 2.33. The molecule has 0 atom stereocenters. The molecule has 0 fully saturated rings. The molecule has 4 rings (SSSR count). The number of rotatable bonds is 7. The fourth-order valence-corrected chi connectivity index (χ4v) is 5.22. The summed E-state index contributed by atoms with van der Waals surface area (Å²) in [6, 6.07) is 21.2. The largest absolute Gasteiger partial charge is 0.497 e. The van der Waals surface area contributed by atoms with Crippen molar-refractivity contribution in [2.24, 2.45) is 0 Å². The summed E-state index contributed by atoms with van der Waals surface area (Å²) in [6.45, 7) is 0.293. The SMILES string of the molecule is COc1ccc2nc(N(Cc3ccccc3)C(=O)c3cccc(S(=O)(=O)N(C)C)c3)sc2c1. The normalized spacial score (nSPS) is 11.6. The number of amides is 1. The molecule has 0 bridgehead atoms. The summed E-state index contributed by atoms with van der Waals surface area (Å²) in [6.07, 6.45) is 0. The molecule has 0 saturated heterocycles. The van der Waals surface area contributed by atoms with E-state index in [4.69, 9.17) is 4.74 Å². The number of fused-ring (bicyclic) bond motifs is 1. The Bertz CT molecular complexity index is 1400. The van der Waals surface area contributed by atoms with Crippen molar-refractivity contribution < 1.29 is 17.9 Å². The molecule has 0 aliphatic heterocycles. The van der Waals surface area contributed by atoms with Crippen molar-refractivity contribution in [3.05, 3.63) is 83.9 Å². The first-order chi connectivity index (χ1) is 15.8. The van der Waals surface area contributed by atoms with Crippen molar-refractivity contribution in [2.45, 2.75) is 11.4 Å². The maximum Gasteiger partial charge on any atom is 0.260 e. The van der Waals surface area contributed by atoms with Gasteiger partial charge in [-0.25, -0.2) is 17.7 Å². The van der Waals surface area contributed by atoms with Gasteiger partial charge in [0.2, 0.25) is 10.0 Å². The molecule has 4 aromatic rings. The quantitative estimate of drug-likeness (QED) is 0.391. The number of ether oxygens (including phenoxy) is 1. The lowest BCUT2D eigenvalue weighted by Gasteiger charge is -2.21. The molecular weight excluding hydrogens is 458 g/mol. The van der Waals surface area contributed by atoms with Crippen molar-refractivity contribution in [2.75, 3.05) is 26.1 Å². The molecule has 170 valence electrons. The lowest BCUT2D eigenvalue weighted by molar-refractivity contribution is 0.0985. The standard InChI is InChI=1S/C24H23N3O4S2/c1-26(2)33(29,30)20-11-7-10-18(14-20)23(28)27(16-17-8-5-4-6-9-17)24-25-21-13-12-19(31-3)15-22(21)32-24/h4-15H,16H2,1-3H3. The van der Waals surface area contributed by atoms with Crippen LogP contribution in [-0.4, -0.2) is 44.8 Å². The molecule has 33 heavy (non-hydrogen) atoms. The van der Waals surface area contributed by atoms with Crippen LogP contribution < -0.4 is 9.64 Å². The van der Waals surface area contributed by atoms with Crippen molar-refractivity contribution in [1.29, 1.82) is 0 Å². The first-order valence-electron chi connectivity index (χ1n) is 10.1. The third kappa shape index (κ3) is 4.75. The summed E-state index contributed by atoms with van der Waals surface area (Å²) in [4.78, 5) is 20.0. The Morgan fingerprint density at radius 2 is 1.76 bits per heavy atom. The topological polar surface area (TPSA) is 79.8 Å². The van der Waals surface area contributed by atoms with Crippen LogP contribution >= 0.6 is 11.3 Å². The van der Waals surface area contributed by atoms with Crippen LogP contribution in [0.15, 0.2) is 77.7 Å². The van der Waals surface area contributed by atoms with E-state index in [0.29, 0.717) is 17.4 Å². The molecule has 9 heteroatoms. The second-order valence-corrected chi connectivity index (χ2v) is 10.7. The van der Waals surface area contributed by atoms with Crippen molar-refractivity contribution >= 4 is 42.6 Å². The maximum absolute atomic E-state index is 13.7. The molecular formula is C24H23N3O4S2. The van der Waals surface area contributed by atoms with E-state index in [1.165, 1.54) is 37.6 Å². The predicted molar refractivity (Wildman–Crippen MR) is 130 cm³/mol. The third-order valence-electron chi connectivity index (χ3n) is 5.10. The van der Waals surface area contributed by atoms with Crippen LogP contribution in [-0.2, 0) is 16.6 Å². The van der Waals surface area contributed by atoms with E-state index in [1.54, 1.807) is 24.1 Å². The molecule has 0 aliphatic carbocycles. The molecule has 0 saturated carbocycles. The number of methoxy groups -OCH3 is 1. The zero-order valence-corrected chi connectivity index (χ0v) is 20.1. The number of carbonyl (C=O) groups excluding carboxylic acids is 1. The minimum Gasteiger partial charge on any atom is -0.497 e. The first kappa shape index (κ1) is 22.9. The van der Waals surface area contributed by atoms with Crippen LogP contribution in [0.4, 0.5) is 5.13 Å². The summed E-state index contributed by atoms with van der Waals surface area (Å²) < 4.78 is 32.5. The van der Waals surface area contributed by atoms with Gasteiger partial charge < -0.3 is 4.74 Å². The van der Waals surface area contributed by atoms with Crippen LogP contribution in [0, 0.1) is 0 Å². The van der Waals surface area contributed by atoms with E-state index in [1.807, 2.05) is 48.5 Å². The number of anilines is 1. The summed E-state index contributed by atoms with van der Waals surface area (Å²) in [7, 11) is 0.844. The molecule has 1 amide bonds. The molecule has 1 heterocycles. The second-order valence-electron chi connectivity index (χ2n) is 7.52. The summed E-state index contributed by atoms with van der Waals surface area (Å²) in [5, 5.41) is 0.521. The van der Waals surface area contributed by atoms with Gasteiger partial charge in [-0.15, -0.1) is 0 Å². The van der Waals surface area contributed by atoms with Gasteiger partial charge in [-0.05, 0) is 42.0 Å². The lowest BCUT2D eigenvalue weighted by atomic mass is 10.1. The van der Waals surface area contributed by atoms with Crippen LogP contribution in [0.25, 0.3) is 10.2 Å². The molecule has 0 radical (unpaired) electrons. The number of nitrogens with zero attached hydrogens (tertiary/aromatic N) is 3. The minimum atomic E-state index is -3.67. The second kappa shape index (κ2) is 9.30. The molecule has 7 nitrogen and oxygen atoms in total. The van der Waals surface area contributed by atoms with Crippen LogP contribution in [0.5, 0.6) is 5.75 Å². The highest BCUT2D eigenvalue weighted by molar-refractivity contribution is 7.89. The van der Waals surface area contributed by atoms with E-state index in [2.05, 4.69) is 4.98 Å². The predicted octanol–water partition coefficient (Wildman–Crippen LogP) is 4.40. The van der Waals surface area contributed by atoms with Gasteiger partial charge in [-0.2, -0.15) is 0 Å². The number of thiazole rings is 1. The van der Waals surface area contributed by atoms with E-state index in [-0.39, 0.29) is 16.4 Å². The Morgan fingerprint density at radius 1 is 1.00 bits per heavy atom. The Hall–Kier alpha value is -3.27. The van der Waals surface area contributed by atoms with Crippen LogP contribution in [0.1, 0.15) is 15.9 Å². The molecule has 0 aliphatic rings. The van der Waals surface area contributed by atoms with Crippen LogP contribution in [0.3, 0.4) is 0 Å². The van der Waals surface area contributed by atoms with Gasteiger partial charge >= 0.3 is 0 Å². The maximum atomic E-state index is 13.7. The summed E-state index contributed by atoms with van der Waals surface area (Å²) in [5.74, 6) is 0.376. The number of benzene rings is 3. The number of hydrogen-bond acceptors (Lipinski definition) is 6. The smallest absolute Gasteiger partial charge is 0.260 e. The molecule has 0 unspecified atom stereocenters. The van der Waals surface area contributed by atoms with Gasteiger partial charge in [-0.1, -0.05) is 47.7 Å². The van der Waals surface area contributed by atoms with Crippen molar-refractivity contribution in [3.8, 4) is 5.75 Å². The molecule has 0 N–H and O–H groups in total. The van der Waals surface area contributed by atoms with Crippen molar-refractivity contribution in [3.63, 3.8) is 0 Å². The van der Waals surface area contributed by atoms with Crippen LogP contribution in [0.2, 0.25) is 0 Å². The average Bonchev–Trinajstić information content (AvgIpc) is 3.25. The van der Waals surface area contributed by atoms with Crippen molar-refractivity contribution in [1.82, 2.24) is 9.29 Å². The number of carbonyl (C=O) groups is 1. The summed E-state index contributed by atoms with van der Waals surface area (Å²) in [5.41, 5.74) is 1.95. The first-order valence-corrected chi connectivity index (χ1v) is 12.4. The zero-order valence-electron chi connectivity index (χ0n) is 18.4. The lowest BCUT2D eigenvalue weighted by Crippen LogP contribution is -2.30. The molecule has 3 aromatic carbocycles. The average molecular weight is 482 g/mol. The number of sulfonamides is 1. The molecule has 1 aromatic heterocycles. The van der Waals surface area contributed by atoms with E-state index in [9.17, 15) is 13.2 Å². The summed E-state index contributed by atoms with van der Waals surface area (Å²) >= 11 is 1.38. The fraction of sp³-hybridized carbons (Fsp3) is 0.167. The monoisotopic (exact) mass is 481 g/mol. The number of aromatic nitrogens is 1. The Balaban J connectivity index is 1.78. The van der Waals surface area contributed by atoms with Gasteiger partial charge in [0.15, 0.2) is 5.13 Å². The van der Waals surface area contributed by atoms with Gasteiger partial charge in [-0.3, -0.25) is 9.69 Å². The third-order valence-corrected chi connectivity index (χ3v) is 7.96. The Labute approximate surface area is 196 Å². The Kier molecular flexibility index (Phi) is 6.46. The van der Waals surface area contributed by atoms with Gasteiger partial charge in [0.25, 0.3) is 5.91 Å². The fourth-order valence-electron chi connectivity index (χ4n) is 3.28. The Morgan fingerprint density at radius 3 is 2.45 bits per heavy atom. The van der Waals surface area contributed by atoms with Gasteiger partial charge in [0, 0.05) is 19.7 Å². The molecule has 0 spiro atoms.